The maximum atomic E-state index is 2.76. The van der Waals surface area contributed by atoms with Gasteiger partial charge >= 0.3 is 0 Å². The smallest absolute Gasteiger partial charge is 0.0547 e. The fourth-order valence-electron chi connectivity index (χ4n) is 14.3. The van der Waals surface area contributed by atoms with Crippen molar-refractivity contribution in [3.8, 4) is 11.1 Å². The molecule has 0 fully saturated rings. The van der Waals surface area contributed by atoms with Crippen molar-refractivity contribution in [2.45, 2.75) is 128 Å². The van der Waals surface area contributed by atoms with E-state index in [2.05, 4.69) is 185 Å². The molecule has 0 saturated carbocycles. The molecule has 6 aliphatic heterocycles. The third kappa shape index (κ3) is 3.21. The summed E-state index contributed by atoms with van der Waals surface area (Å²) >= 11 is 0. The van der Waals surface area contributed by atoms with E-state index in [0.29, 0.717) is 0 Å². The number of fused-ring (bicyclic) bond motifs is 5. The molecule has 1 atom stereocenters. The van der Waals surface area contributed by atoms with Crippen molar-refractivity contribution >= 4 is 34.1 Å². The zero-order valence-electron chi connectivity index (χ0n) is 36.6. The molecule has 0 saturated heterocycles. The largest absolute Gasteiger partial charge is 0.309 e. The van der Waals surface area contributed by atoms with E-state index in [4.69, 9.17) is 0 Å². The minimum atomic E-state index is -0.243. The van der Waals surface area contributed by atoms with Crippen LogP contribution >= 0.6 is 0 Å². The summed E-state index contributed by atoms with van der Waals surface area (Å²) in [6.45, 7) is 32.5. The van der Waals surface area contributed by atoms with E-state index in [-0.39, 0.29) is 38.4 Å². The average molecular weight is 755 g/mol. The first-order valence-corrected chi connectivity index (χ1v) is 21.9. The normalized spacial score (nSPS) is 22.5. The van der Waals surface area contributed by atoms with Crippen molar-refractivity contribution in [1.29, 1.82) is 0 Å². The van der Waals surface area contributed by atoms with Crippen LogP contribution in [0.3, 0.4) is 0 Å². The summed E-state index contributed by atoms with van der Waals surface area (Å²) in [7, 11) is 0. The van der Waals surface area contributed by atoms with Crippen LogP contribution in [-0.4, -0.2) is 0 Å². The molecule has 1 aliphatic carbocycles. The Kier molecular flexibility index (Phi) is 5.46. The molecule has 6 aromatic rings. The van der Waals surface area contributed by atoms with Gasteiger partial charge < -0.3 is 9.80 Å². The van der Waals surface area contributed by atoms with Crippen molar-refractivity contribution in [1.82, 2.24) is 0 Å². The Morgan fingerprint density at radius 3 is 1.19 bits per heavy atom. The molecule has 288 valence electrons. The van der Waals surface area contributed by atoms with Crippen LogP contribution in [0.25, 0.3) is 11.1 Å². The fraction of sp³-hybridized carbons (Fsp3) is 0.357. The lowest BCUT2D eigenvalue weighted by molar-refractivity contribution is 0.548. The number of para-hydroxylation sites is 4. The number of benzene rings is 6. The molecule has 58 heavy (non-hydrogen) atoms. The molecule has 0 N–H and O–H groups in total. The summed E-state index contributed by atoms with van der Waals surface area (Å²) in [5.74, 6) is 0.247. The van der Waals surface area contributed by atoms with Crippen LogP contribution in [0.4, 0.5) is 34.1 Å². The van der Waals surface area contributed by atoms with Gasteiger partial charge in [-0.25, -0.2) is 0 Å². The van der Waals surface area contributed by atoms with Gasteiger partial charge in [0.1, 0.15) is 0 Å². The van der Waals surface area contributed by atoms with Crippen LogP contribution in [-0.2, 0) is 32.5 Å². The maximum absolute atomic E-state index is 2.76. The third-order valence-corrected chi connectivity index (χ3v) is 17.3. The molecule has 2 heteroatoms. The van der Waals surface area contributed by atoms with E-state index >= 15 is 0 Å². The van der Waals surface area contributed by atoms with Gasteiger partial charge in [-0.05, 0) is 101 Å². The molecule has 6 aromatic carbocycles. The SMILES string of the molecule is CC1c2cccc3c2N2c4c(cccc4C(C)(C)c4cc5c(c1c42)C(C)(C)c1c-5cc2c4c1C(C)(C)c1cccc5c1N4c1c(cccc1C2(C)C)C5(C)C)C3(C)C. The molecule has 0 amide bonds. The van der Waals surface area contributed by atoms with Gasteiger partial charge in [0.05, 0.1) is 34.1 Å². The van der Waals surface area contributed by atoms with Gasteiger partial charge in [0, 0.05) is 38.4 Å². The number of rotatable bonds is 0. The van der Waals surface area contributed by atoms with Crippen LogP contribution in [0.1, 0.15) is 174 Å². The summed E-state index contributed by atoms with van der Waals surface area (Å²) in [6.07, 6.45) is 0. The number of hydrogen-bond acceptors (Lipinski definition) is 2. The van der Waals surface area contributed by atoms with Crippen molar-refractivity contribution in [2.75, 3.05) is 9.80 Å². The van der Waals surface area contributed by atoms with Crippen LogP contribution in [0.15, 0.2) is 84.9 Å². The summed E-state index contributed by atoms with van der Waals surface area (Å²) in [5, 5.41) is 0. The Bertz CT molecular complexity index is 3010. The Morgan fingerprint density at radius 1 is 0.345 bits per heavy atom. The first-order valence-electron chi connectivity index (χ1n) is 21.9. The lowest BCUT2D eigenvalue weighted by atomic mass is 9.58. The third-order valence-electron chi connectivity index (χ3n) is 17.3. The summed E-state index contributed by atoms with van der Waals surface area (Å²) in [5.41, 5.74) is 31.1. The lowest BCUT2D eigenvalue weighted by Crippen LogP contribution is -2.44. The quantitative estimate of drug-likeness (QED) is 0.152. The molecule has 0 bridgehead atoms. The van der Waals surface area contributed by atoms with Gasteiger partial charge in [-0.1, -0.05) is 163 Å². The Morgan fingerprint density at radius 2 is 0.707 bits per heavy atom. The predicted octanol–water partition coefficient (Wildman–Crippen LogP) is 14.6. The average Bonchev–Trinajstić information content (AvgIpc) is 3.40. The van der Waals surface area contributed by atoms with Crippen LogP contribution < -0.4 is 9.80 Å². The highest BCUT2D eigenvalue weighted by atomic mass is 15.2. The number of nitrogens with zero attached hydrogens (tertiary/aromatic N) is 2. The minimum Gasteiger partial charge on any atom is -0.309 e. The minimum absolute atomic E-state index is 0.0956. The van der Waals surface area contributed by atoms with Gasteiger partial charge in [0.25, 0.3) is 0 Å². The van der Waals surface area contributed by atoms with E-state index in [9.17, 15) is 0 Å². The summed E-state index contributed by atoms with van der Waals surface area (Å²) in [4.78, 5) is 5.51. The highest BCUT2D eigenvalue weighted by molar-refractivity contribution is 6.04. The van der Waals surface area contributed by atoms with Gasteiger partial charge in [-0.2, -0.15) is 0 Å². The molecular weight excluding hydrogens is 701 g/mol. The summed E-state index contributed by atoms with van der Waals surface area (Å²) < 4.78 is 0. The zero-order valence-corrected chi connectivity index (χ0v) is 36.6. The molecule has 1 unspecified atom stereocenters. The highest BCUT2D eigenvalue weighted by Crippen LogP contribution is 2.72. The molecule has 0 aromatic heterocycles. The van der Waals surface area contributed by atoms with E-state index in [1.807, 2.05) is 0 Å². The van der Waals surface area contributed by atoms with E-state index in [1.165, 1.54) is 123 Å². The number of anilines is 6. The van der Waals surface area contributed by atoms with Crippen molar-refractivity contribution in [3.63, 3.8) is 0 Å². The molecular formula is C56H54N2. The molecule has 7 aliphatic rings. The maximum Gasteiger partial charge on any atom is 0.0547 e. The monoisotopic (exact) mass is 754 g/mol. The van der Waals surface area contributed by atoms with Gasteiger partial charge in [-0.15, -0.1) is 0 Å². The van der Waals surface area contributed by atoms with Gasteiger partial charge in [0.15, 0.2) is 0 Å². The first kappa shape index (κ1) is 33.8. The van der Waals surface area contributed by atoms with Crippen LogP contribution in [0.2, 0.25) is 0 Å². The standard InChI is InChI=1S/C56H54N2/c1-28-29-18-14-19-32-45(29)57-46-33(51(32,2)3)20-15-23-36(46)53(6,7)39-26-30-31-27-40-50-44(43(31)56(12,13)42(30)41(28)49(39)57)55(10,11)38-25-17-22-35-48(38)58(50)47-34(52(35,4)5)21-16-24-37(47)54(40,8)9/h14-28H,1-13H3. The van der Waals surface area contributed by atoms with E-state index < -0.39 is 0 Å². The van der Waals surface area contributed by atoms with Crippen LogP contribution in [0, 0.1) is 0 Å². The highest BCUT2D eigenvalue weighted by Gasteiger charge is 2.57. The molecule has 0 radical (unpaired) electrons. The van der Waals surface area contributed by atoms with E-state index in [1.54, 1.807) is 0 Å². The van der Waals surface area contributed by atoms with E-state index in [0.717, 1.165) is 0 Å². The van der Waals surface area contributed by atoms with Crippen molar-refractivity contribution in [3.05, 3.63) is 163 Å². The van der Waals surface area contributed by atoms with Gasteiger partial charge in [0.2, 0.25) is 0 Å². The topological polar surface area (TPSA) is 6.48 Å². The molecule has 0 spiro atoms. The Labute approximate surface area is 344 Å². The Balaban J connectivity index is 1.19. The molecule has 2 nitrogen and oxygen atoms in total. The second-order valence-electron chi connectivity index (χ2n) is 22.2. The lowest BCUT2D eigenvalue weighted by Gasteiger charge is -2.56. The zero-order chi connectivity index (χ0) is 40.3. The second-order valence-corrected chi connectivity index (χ2v) is 22.2. The first-order chi connectivity index (χ1) is 27.3. The predicted molar refractivity (Wildman–Crippen MR) is 242 cm³/mol. The second kappa shape index (κ2) is 9.36. The summed E-state index contributed by atoms with van der Waals surface area (Å²) in [6, 6.07) is 34.1. The van der Waals surface area contributed by atoms with Crippen molar-refractivity contribution in [2.24, 2.45) is 0 Å². The molecule has 13 rings (SSSR count). The van der Waals surface area contributed by atoms with Crippen LogP contribution in [0.5, 0.6) is 0 Å². The Hall–Kier alpha value is -5.08. The fourth-order valence-corrected chi connectivity index (χ4v) is 14.3. The van der Waals surface area contributed by atoms with Crippen molar-refractivity contribution < 1.29 is 0 Å². The van der Waals surface area contributed by atoms with Gasteiger partial charge in [-0.3, -0.25) is 0 Å². The molecule has 6 heterocycles. The number of hydrogen-bond donors (Lipinski definition) is 0.